The highest BCUT2D eigenvalue weighted by atomic mass is 32.2. The Balaban J connectivity index is 2.52. The molecule has 1 fully saturated rings. The van der Waals surface area contributed by atoms with Gasteiger partial charge in [-0.25, -0.2) is 4.72 Å². The van der Waals surface area contributed by atoms with Gasteiger partial charge in [0.1, 0.15) is 0 Å². The molecule has 0 radical (unpaired) electrons. The summed E-state index contributed by atoms with van der Waals surface area (Å²) >= 11 is 0. The van der Waals surface area contributed by atoms with Gasteiger partial charge in [0.25, 0.3) is 10.2 Å². The monoisotopic (exact) mass is 206 g/mol. The van der Waals surface area contributed by atoms with Crippen molar-refractivity contribution in [2.24, 2.45) is 5.92 Å². The molecule has 0 aliphatic heterocycles. The summed E-state index contributed by atoms with van der Waals surface area (Å²) in [6.45, 7) is 2.10. The maximum Gasteiger partial charge on any atom is 0.276 e. The van der Waals surface area contributed by atoms with Gasteiger partial charge < -0.3 is 0 Å². The smallest absolute Gasteiger partial charge is 0.205 e. The van der Waals surface area contributed by atoms with E-state index in [0.29, 0.717) is 5.92 Å². The van der Waals surface area contributed by atoms with Crippen LogP contribution in [0.15, 0.2) is 0 Å². The molecule has 1 aliphatic carbocycles. The Labute approximate surface area is 80.3 Å². The largest absolute Gasteiger partial charge is 0.276 e. The van der Waals surface area contributed by atoms with Crippen LogP contribution in [0.25, 0.3) is 0 Å². The van der Waals surface area contributed by atoms with Crippen molar-refractivity contribution < 1.29 is 8.42 Å². The average molecular weight is 206 g/mol. The summed E-state index contributed by atoms with van der Waals surface area (Å²) in [6, 6.07) is 0.117. The maximum absolute atomic E-state index is 11.2. The minimum Gasteiger partial charge on any atom is -0.205 e. The van der Waals surface area contributed by atoms with Crippen molar-refractivity contribution in [2.75, 3.05) is 7.05 Å². The van der Waals surface area contributed by atoms with Gasteiger partial charge in [-0.3, -0.25) is 0 Å². The Morgan fingerprint density at radius 3 is 2.38 bits per heavy atom. The van der Waals surface area contributed by atoms with Crippen LogP contribution in [0.4, 0.5) is 0 Å². The second kappa shape index (κ2) is 4.39. The van der Waals surface area contributed by atoms with E-state index in [1.54, 1.807) is 0 Å². The van der Waals surface area contributed by atoms with Crippen LogP contribution in [0.1, 0.15) is 32.6 Å². The van der Waals surface area contributed by atoms with Gasteiger partial charge in [0, 0.05) is 13.1 Å². The van der Waals surface area contributed by atoms with E-state index in [9.17, 15) is 8.42 Å². The Kier molecular flexibility index (Phi) is 3.70. The summed E-state index contributed by atoms with van der Waals surface area (Å²) in [5, 5.41) is 0. The van der Waals surface area contributed by atoms with Crippen molar-refractivity contribution >= 4 is 10.2 Å². The lowest BCUT2D eigenvalue weighted by Crippen LogP contribution is -2.45. The van der Waals surface area contributed by atoms with Crippen LogP contribution in [-0.2, 0) is 10.2 Å². The maximum atomic E-state index is 11.2. The molecular formula is C8H18N2O2S. The molecule has 0 aromatic heterocycles. The van der Waals surface area contributed by atoms with Gasteiger partial charge in [-0.15, -0.1) is 0 Å². The molecule has 0 bridgehead atoms. The fraction of sp³-hybridized carbons (Fsp3) is 1.00. The van der Waals surface area contributed by atoms with Crippen LogP contribution < -0.4 is 9.44 Å². The number of rotatable bonds is 3. The first-order valence-electron chi connectivity index (χ1n) is 4.76. The van der Waals surface area contributed by atoms with E-state index in [1.807, 2.05) is 0 Å². The highest BCUT2D eigenvalue weighted by Crippen LogP contribution is 2.23. The van der Waals surface area contributed by atoms with Crippen LogP contribution in [0.3, 0.4) is 0 Å². The van der Waals surface area contributed by atoms with E-state index < -0.39 is 10.2 Å². The molecule has 2 unspecified atom stereocenters. The minimum absolute atomic E-state index is 0.117. The summed E-state index contributed by atoms with van der Waals surface area (Å²) < 4.78 is 27.3. The van der Waals surface area contributed by atoms with Gasteiger partial charge in [-0.2, -0.15) is 13.1 Å². The first-order valence-corrected chi connectivity index (χ1v) is 6.24. The van der Waals surface area contributed by atoms with Gasteiger partial charge in [0.05, 0.1) is 0 Å². The predicted molar refractivity (Wildman–Crippen MR) is 52.5 cm³/mol. The molecule has 78 valence electrons. The lowest BCUT2D eigenvalue weighted by atomic mass is 9.87. The van der Waals surface area contributed by atoms with Crippen molar-refractivity contribution in [3.05, 3.63) is 0 Å². The zero-order valence-electron chi connectivity index (χ0n) is 8.21. The zero-order valence-corrected chi connectivity index (χ0v) is 9.02. The molecule has 2 atom stereocenters. The third-order valence-electron chi connectivity index (χ3n) is 2.69. The summed E-state index contributed by atoms with van der Waals surface area (Å²) in [6.07, 6.45) is 4.43. The van der Waals surface area contributed by atoms with Crippen LogP contribution in [-0.4, -0.2) is 21.5 Å². The quantitative estimate of drug-likeness (QED) is 0.711. The lowest BCUT2D eigenvalue weighted by molar-refractivity contribution is 0.310. The molecule has 4 nitrogen and oxygen atoms in total. The molecular weight excluding hydrogens is 188 g/mol. The molecule has 2 N–H and O–H groups in total. The summed E-state index contributed by atoms with van der Waals surface area (Å²) in [4.78, 5) is 0. The molecule has 0 saturated heterocycles. The second-order valence-electron chi connectivity index (χ2n) is 3.69. The Morgan fingerprint density at radius 2 is 1.85 bits per heavy atom. The van der Waals surface area contributed by atoms with Crippen LogP contribution in [0, 0.1) is 5.92 Å². The van der Waals surface area contributed by atoms with Crippen molar-refractivity contribution in [1.82, 2.24) is 9.44 Å². The van der Waals surface area contributed by atoms with E-state index in [0.717, 1.165) is 19.3 Å². The molecule has 1 saturated carbocycles. The topological polar surface area (TPSA) is 58.2 Å². The van der Waals surface area contributed by atoms with Crippen molar-refractivity contribution in [3.8, 4) is 0 Å². The van der Waals surface area contributed by atoms with Gasteiger partial charge in [-0.1, -0.05) is 19.8 Å². The lowest BCUT2D eigenvalue weighted by Gasteiger charge is -2.28. The van der Waals surface area contributed by atoms with E-state index in [4.69, 9.17) is 0 Å². The molecule has 0 amide bonds. The van der Waals surface area contributed by atoms with E-state index >= 15 is 0 Å². The average Bonchev–Trinajstić information content (AvgIpc) is 2.09. The van der Waals surface area contributed by atoms with Gasteiger partial charge in [0.2, 0.25) is 0 Å². The third-order valence-corrected chi connectivity index (χ3v) is 3.84. The van der Waals surface area contributed by atoms with E-state index in [1.165, 1.54) is 13.5 Å². The molecule has 5 heteroatoms. The van der Waals surface area contributed by atoms with Crippen LogP contribution in [0.2, 0.25) is 0 Å². The second-order valence-corrected chi connectivity index (χ2v) is 5.34. The van der Waals surface area contributed by atoms with Crippen molar-refractivity contribution in [1.29, 1.82) is 0 Å². The number of hydrogen-bond acceptors (Lipinski definition) is 2. The fourth-order valence-electron chi connectivity index (χ4n) is 1.75. The summed E-state index contributed by atoms with van der Waals surface area (Å²) in [7, 11) is -1.83. The Morgan fingerprint density at radius 1 is 1.23 bits per heavy atom. The third kappa shape index (κ3) is 3.25. The van der Waals surface area contributed by atoms with Gasteiger partial charge in [-0.05, 0) is 18.8 Å². The Hall–Kier alpha value is -0.130. The number of hydrogen-bond donors (Lipinski definition) is 2. The van der Waals surface area contributed by atoms with Crippen molar-refractivity contribution in [2.45, 2.75) is 38.6 Å². The molecule has 13 heavy (non-hydrogen) atoms. The molecule has 0 heterocycles. The van der Waals surface area contributed by atoms with Crippen LogP contribution in [0.5, 0.6) is 0 Å². The SMILES string of the molecule is CNS(=O)(=O)NC1CCCCC1C. The molecule has 1 rings (SSSR count). The Bertz CT molecular complexity index is 251. The van der Waals surface area contributed by atoms with Crippen LogP contribution >= 0.6 is 0 Å². The first kappa shape index (κ1) is 10.9. The number of nitrogens with one attached hydrogen (secondary N) is 2. The zero-order chi connectivity index (χ0) is 9.90. The molecule has 1 aliphatic rings. The van der Waals surface area contributed by atoms with Gasteiger partial charge >= 0.3 is 0 Å². The van der Waals surface area contributed by atoms with E-state index in [2.05, 4.69) is 16.4 Å². The van der Waals surface area contributed by atoms with Gasteiger partial charge in [0.15, 0.2) is 0 Å². The van der Waals surface area contributed by atoms with Crippen molar-refractivity contribution in [3.63, 3.8) is 0 Å². The normalized spacial score (nSPS) is 30.3. The van der Waals surface area contributed by atoms with E-state index in [-0.39, 0.29) is 6.04 Å². The highest BCUT2D eigenvalue weighted by Gasteiger charge is 2.24. The highest BCUT2D eigenvalue weighted by molar-refractivity contribution is 7.87. The summed E-state index contributed by atoms with van der Waals surface area (Å²) in [5.41, 5.74) is 0. The molecule has 0 aromatic carbocycles. The fourth-order valence-corrected chi connectivity index (χ4v) is 2.62. The standard InChI is InChI=1S/C8H18N2O2S/c1-7-5-3-4-6-8(7)10-13(11,12)9-2/h7-10H,3-6H2,1-2H3. The first-order chi connectivity index (χ1) is 6.05. The molecule has 0 aromatic rings. The molecule has 0 spiro atoms. The summed E-state index contributed by atoms with van der Waals surface area (Å²) in [5.74, 6) is 0.455. The predicted octanol–water partition coefficient (Wildman–Crippen LogP) is 0.619. The minimum atomic E-state index is -3.25.